The third kappa shape index (κ3) is 5.08. The Hall–Kier alpha value is -1.44. The Morgan fingerprint density at radius 1 is 1.27 bits per heavy atom. The van der Waals surface area contributed by atoms with Crippen molar-refractivity contribution in [2.75, 3.05) is 19.3 Å². The number of aliphatic hydroxyl groups is 1. The maximum atomic E-state index is 10.2. The molecule has 2 aromatic rings. The first-order chi connectivity index (χ1) is 10.6. The molecule has 1 aromatic heterocycles. The first-order valence-corrected chi connectivity index (χ1v) is 8.36. The number of likely N-dealkylation sites (N-methyl/N-ethyl adjacent to an activating group) is 1. The Bertz CT molecular complexity index is 560. The molecule has 120 valence electrons. The normalized spacial score (nSPS) is 13.0. The Labute approximate surface area is 135 Å². The molecule has 2 rings (SSSR count). The highest BCUT2D eigenvalue weighted by Gasteiger charge is 2.14. The van der Waals surface area contributed by atoms with Gasteiger partial charge in [-0.2, -0.15) is 0 Å². The van der Waals surface area contributed by atoms with Crippen molar-refractivity contribution in [3.05, 3.63) is 35.9 Å². The fraction of sp³-hybridized carbons (Fsp3) is 0.533. The second-order valence-corrected chi connectivity index (χ2v) is 6.63. The van der Waals surface area contributed by atoms with Crippen LogP contribution in [0.5, 0.6) is 0 Å². The molecule has 0 fully saturated rings. The molecule has 0 spiro atoms. The molecule has 1 atom stereocenters. The van der Waals surface area contributed by atoms with Gasteiger partial charge in [0.2, 0.25) is 5.16 Å². The third-order valence-electron chi connectivity index (χ3n) is 3.17. The number of benzene rings is 1. The summed E-state index contributed by atoms with van der Waals surface area (Å²) >= 11 is 1.49. The molecule has 0 aliphatic heterocycles. The largest absolute Gasteiger partial charge is 0.391 e. The van der Waals surface area contributed by atoms with Gasteiger partial charge in [0, 0.05) is 18.8 Å². The number of nitrogens with zero attached hydrogens (tertiary/aromatic N) is 5. The number of aliphatic hydroxyl groups excluding tert-OH is 1. The number of tetrazole rings is 1. The molecule has 0 radical (unpaired) electrons. The van der Waals surface area contributed by atoms with Crippen molar-refractivity contribution in [2.45, 2.75) is 37.7 Å². The van der Waals surface area contributed by atoms with E-state index in [0.717, 1.165) is 11.7 Å². The van der Waals surface area contributed by atoms with E-state index in [2.05, 4.69) is 32.6 Å². The molecule has 1 heterocycles. The van der Waals surface area contributed by atoms with Gasteiger partial charge in [-0.3, -0.25) is 4.90 Å². The maximum absolute atomic E-state index is 10.2. The summed E-state index contributed by atoms with van der Waals surface area (Å²) in [5.41, 5.74) is 1.24. The average Bonchev–Trinajstić information content (AvgIpc) is 2.94. The van der Waals surface area contributed by atoms with E-state index in [9.17, 15) is 5.11 Å². The van der Waals surface area contributed by atoms with Crippen molar-refractivity contribution in [2.24, 2.45) is 0 Å². The lowest BCUT2D eigenvalue weighted by Gasteiger charge is -2.20. The van der Waals surface area contributed by atoms with Gasteiger partial charge in [0.05, 0.1) is 12.1 Å². The molecule has 0 saturated carbocycles. The van der Waals surface area contributed by atoms with Gasteiger partial charge < -0.3 is 5.11 Å². The van der Waals surface area contributed by atoms with E-state index in [1.807, 2.05) is 39.1 Å². The molecule has 6 nitrogen and oxygen atoms in total. The zero-order chi connectivity index (χ0) is 15.9. The van der Waals surface area contributed by atoms with Crippen molar-refractivity contribution in [3.8, 4) is 0 Å². The van der Waals surface area contributed by atoms with Crippen molar-refractivity contribution in [1.29, 1.82) is 0 Å². The molecular weight excluding hydrogens is 298 g/mol. The SMILES string of the molecule is CC(C)n1nnnc1SCC(O)CN(C)Cc1ccccc1. The van der Waals surface area contributed by atoms with E-state index < -0.39 is 6.10 Å². The van der Waals surface area contributed by atoms with Gasteiger partial charge in [-0.05, 0) is 36.9 Å². The molecule has 0 saturated heterocycles. The lowest BCUT2D eigenvalue weighted by molar-refractivity contribution is 0.142. The van der Waals surface area contributed by atoms with Crippen molar-refractivity contribution < 1.29 is 5.11 Å². The van der Waals surface area contributed by atoms with Crippen LogP contribution in [0, 0.1) is 0 Å². The number of hydrogen-bond acceptors (Lipinski definition) is 6. The van der Waals surface area contributed by atoms with Gasteiger partial charge >= 0.3 is 0 Å². The highest BCUT2D eigenvalue weighted by molar-refractivity contribution is 7.99. The smallest absolute Gasteiger partial charge is 0.209 e. The first-order valence-electron chi connectivity index (χ1n) is 7.37. The van der Waals surface area contributed by atoms with Crippen molar-refractivity contribution in [3.63, 3.8) is 0 Å². The monoisotopic (exact) mass is 321 g/mol. The molecule has 1 unspecified atom stereocenters. The second kappa shape index (κ2) is 8.26. The standard InChI is InChI=1S/C15H23N5OS/c1-12(2)20-15(16-17-18-20)22-11-14(21)10-19(3)9-13-7-5-4-6-8-13/h4-8,12,14,21H,9-11H2,1-3H3. The van der Waals surface area contributed by atoms with Gasteiger partial charge in [-0.25, -0.2) is 4.68 Å². The highest BCUT2D eigenvalue weighted by atomic mass is 32.2. The Morgan fingerprint density at radius 3 is 2.68 bits per heavy atom. The van der Waals surface area contributed by atoms with Crippen LogP contribution in [0.15, 0.2) is 35.5 Å². The van der Waals surface area contributed by atoms with Crippen LogP contribution >= 0.6 is 11.8 Å². The lowest BCUT2D eigenvalue weighted by Crippen LogP contribution is -2.30. The highest BCUT2D eigenvalue weighted by Crippen LogP contribution is 2.18. The predicted octanol–water partition coefficient (Wildman–Crippen LogP) is 1.84. The second-order valence-electron chi connectivity index (χ2n) is 5.65. The zero-order valence-electron chi connectivity index (χ0n) is 13.3. The average molecular weight is 321 g/mol. The van der Waals surface area contributed by atoms with Gasteiger partial charge in [-0.15, -0.1) is 5.10 Å². The number of thioether (sulfide) groups is 1. The molecular formula is C15H23N5OS. The summed E-state index contributed by atoms with van der Waals surface area (Å²) < 4.78 is 1.77. The van der Waals surface area contributed by atoms with E-state index in [-0.39, 0.29) is 6.04 Å². The molecule has 0 aliphatic rings. The topological polar surface area (TPSA) is 67.1 Å². The number of aromatic nitrogens is 4. The summed E-state index contributed by atoms with van der Waals surface area (Å²) in [5.74, 6) is 0.576. The summed E-state index contributed by atoms with van der Waals surface area (Å²) in [4.78, 5) is 2.12. The van der Waals surface area contributed by atoms with E-state index in [4.69, 9.17) is 0 Å². The summed E-state index contributed by atoms with van der Waals surface area (Å²) in [7, 11) is 2.01. The molecule has 1 aromatic carbocycles. The molecule has 0 bridgehead atoms. The number of rotatable bonds is 8. The summed E-state index contributed by atoms with van der Waals surface area (Å²) in [6.45, 7) is 5.51. The van der Waals surface area contributed by atoms with E-state index >= 15 is 0 Å². The van der Waals surface area contributed by atoms with Crippen LogP contribution in [0.1, 0.15) is 25.5 Å². The van der Waals surface area contributed by atoms with Crippen LogP contribution in [0.3, 0.4) is 0 Å². The minimum atomic E-state index is -0.420. The van der Waals surface area contributed by atoms with Gasteiger partial charge in [0.15, 0.2) is 0 Å². The van der Waals surface area contributed by atoms with Gasteiger partial charge in [0.25, 0.3) is 0 Å². The third-order valence-corrected chi connectivity index (χ3v) is 4.25. The van der Waals surface area contributed by atoms with Crippen molar-refractivity contribution >= 4 is 11.8 Å². The maximum Gasteiger partial charge on any atom is 0.209 e. The predicted molar refractivity (Wildman–Crippen MR) is 87.7 cm³/mol. The van der Waals surface area contributed by atoms with Crippen LogP contribution in [0.2, 0.25) is 0 Å². The van der Waals surface area contributed by atoms with Crippen LogP contribution in [0.4, 0.5) is 0 Å². The fourth-order valence-corrected chi connectivity index (χ4v) is 3.07. The van der Waals surface area contributed by atoms with Gasteiger partial charge in [0.1, 0.15) is 0 Å². The lowest BCUT2D eigenvalue weighted by atomic mass is 10.2. The Kier molecular flexibility index (Phi) is 6.35. The van der Waals surface area contributed by atoms with Crippen LogP contribution < -0.4 is 0 Å². The van der Waals surface area contributed by atoms with Crippen molar-refractivity contribution in [1.82, 2.24) is 25.1 Å². The molecule has 0 aliphatic carbocycles. The molecule has 22 heavy (non-hydrogen) atoms. The minimum absolute atomic E-state index is 0.218. The van der Waals surface area contributed by atoms with E-state index in [0.29, 0.717) is 12.3 Å². The van der Waals surface area contributed by atoms with E-state index in [1.54, 1.807) is 4.68 Å². The summed E-state index contributed by atoms with van der Waals surface area (Å²) in [6.07, 6.45) is -0.420. The van der Waals surface area contributed by atoms with Crippen LogP contribution in [-0.2, 0) is 6.54 Å². The quantitative estimate of drug-likeness (QED) is 0.748. The van der Waals surface area contributed by atoms with Crippen LogP contribution in [0.25, 0.3) is 0 Å². The minimum Gasteiger partial charge on any atom is -0.391 e. The number of hydrogen-bond donors (Lipinski definition) is 1. The summed E-state index contributed by atoms with van der Waals surface area (Å²) in [6, 6.07) is 10.5. The van der Waals surface area contributed by atoms with Crippen LogP contribution in [-0.4, -0.2) is 55.7 Å². The Balaban J connectivity index is 1.77. The zero-order valence-corrected chi connectivity index (χ0v) is 14.1. The van der Waals surface area contributed by atoms with E-state index in [1.165, 1.54) is 17.3 Å². The van der Waals surface area contributed by atoms with Gasteiger partial charge in [-0.1, -0.05) is 42.1 Å². The first kappa shape index (κ1) is 16.9. The molecule has 1 N–H and O–H groups in total. The fourth-order valence-electron chi connectivity index (χ4n) is 2.15. The molecule has 7 heteroatoms. The Morgan fingerprint density at radius 2 is 2.00 bits per heavy atom. The molecule has 0 amide bonds. The summed E-state index contributed by atoms with van der Waals surface area (Å²) in [5, 5.41) is 22.6.